The second-order valence-electron chi connectivity index (χ2n) is 5.00. The zero-order valence-corrected chi connectivity index (χ0v) is 11.2. The summed E-state index contributed by atoms with van der Waals surface area (Å²) in [4.78, 5) is 2.43. The number of ether oxygens (including phenoxy) is 1. The molecule has 3 heterocycles. The number of rotatable bonds is 5. The van der Waals surface area contributed by atoms with E-state index in [1.165, 1.54) is 11.3 Å². The monoisotopic (exact) mass is 261 g/mol. The van der Waals surface area contributed by atoms with Crippen molar-refractivity contribution in [2.24, 2.45) is 0 Å². The zero-order chi connectivity index (χ0) is 13.1. The average Bonchev–Trinajstić information content (AvgIpc) is 3.06. The molecule has 1 atom stereocenters. The van der Waals surface area contributed by atoms with Gasteiger partial charge in [-0.2, -0.15) is 5.10 Å². The van der Waals surface area contributed by atoms with E-state index in [-0.39, 0.29) is 0 Å². The number of hydrogen-bond acceptors (Lipinski definition) is 4. The van der Waals surface area contributed by atoms with Crippen molar-refractivity contribution in [1.82, 2.24) is 14.7 Å². The highest BCUT2D eigenvalue weighted by molar-refractivity contribution is 5.09. The predicted molar refractivity (Wildman–Crippen MR) is 70.6 cm³/mol. The highest BCUT2D eigenvalue weighted by Crippen LogP contribution is 2.24. The number of nitrogens with zero attached hydrogens (tertiary/aromatic N) is 3. The zero-order valence-electron chi connectivity index (χ0n) is 11.2. The summed E-state index contributed by atoms with van der Waals surface area (Å²) < 4.78 is 12.5. The van der Waals surface area contributed by atoms with Crippen molar-refractivity contribution in [3.8, 4) is 0 Å². The van der Waals surface area contributed by atoms with E-state index in [2.05, 4.69) is 20.7 Å². The standard InChI is InChI=1S/C14H19N3O2/c1-18-6-4-14-10-16(8-12-3-7-19-11-12)9-13-2-5-15-17(13)14/h2-3,5,7,11,14H,4,6,8-10H2,1H3/t14-/m0/s1. The van der Waals surface area contributed by atoms with Gasteiger partial charge in [0.15, 0.2) is 0 Å². The van der Waals surface area contributed by atoms with E-state index in [1.54, 1.807) is 13.4 Å². The van der Waals surface area contributed by atoms with Gasteiger partial charge in [-0.05, 0) is 18.6 Å². The van der Waals surface area contributed by atoms with Crippen LogP contribution in [-0.4, -0.2) is 34.9 Å². The summed E-state index contributed by atoms with van der Waals surface area (Å²) >= 11 is 0. The first-order chi connectivity index (χ1) is 9.36. The number of hydrogen-bond donors (Lipinski definition) is 0. The summed E-state index contributed by atoms with van der Waals surface area (Å²) in [5.41, 5.74) is 2.49. The van der Waals surface area contributed by atoms with Gasteiger partial charge in [0.2, 0.25) is 0 Å². The SMILES string of the molecule is COCC[C@H]1CN(Cc2ccoc2)Cc2ccnn21. The van der Waals surface area contributed by atoms with Gasteiger partial charge < -0.3 is 9.15 Å². The second kappa shape index (κ2) is 5.59. The first-order valence-electron chi connectivity index (χ1n) is 6.61. The molecule has 2 aromatic rings. The first kappa shape index (κ1) is 12.4. The lowest BCUT2D eigenvalue weighted by molar-refractivity contribution is 0.125. The fraction of sp³-hybridized carbons (Fsp3) is 0.500. The molecule has 0 saturated carbocycles. The number of fused-ring (bicyclic) bond motifs is 1. The summed E-state index contributed by atoms with van der Waals surface area (Å²) in [6.45, 7) is 3.63. The molecule has 0 spiro atoms. The van der Waals surface area contributed by atoms with Crippen LogP contribution in [0.4, 0.5) is 0 Å². The van der Waals surface area contributed by atoms with Crippen LogP contribution in [0.15, 0.2) is 35.3 Å². The molecular formula is C14H19N3O2. The van der Waals surface area contributed by atoms with Crippen LogP contribution in [0.1, 0.15) is 23.7 Å². The van der Waals surface area contributed by atoms with Gasteiger partial charge in [-0.25, -0.2) is 0 Å². The molecule has 1 aliphatic heterocycles. The minimum atomic E-state index is 0.394. The molecule has 5 nitrogen and oxygen atoms in total. The van der Waals surface area contributed by atoms with E-state index >= 15 is 0 Å². The Bertz CT molecular complexity index is 507. The quantitative estimate of drug-likeness (QED) is 0.826. The third-order valence-electron chi connectivity index (χ3n) is 3.59. The van der Waals surface area contributed by atoms with E-state index in [0.29, 0.717) is 6.04 Å². The Hall–Kier alpha value is -1.59. The lowest BCUT2D eigenvalue weighted by atomic mass is 10.1. The Morgan fingerprint density at radius 1 is 1.47 bits per heavy atom. The maximum atomic E-state index is 5.20. The smallest absolute Gasteiger partial charge is 0.0947 e. The van der Waals surface area contributed by atoms with Crippen molar-refractivity contribution in [3.63, 3.8) is 0 Å². The molecule has 0 fully saturated rings. The summed E-state index contributed by atoms with van der Waals surface area (Å²) in [5.74, 6) is 0. The number of aromatic nitrogens is 2. The molecule has 0 unspecified atom stereocenters. The first-order valence-corrected chi connectivity index (χ1v) is 6.61. The minimum absolute atomic E-state index is 0.394. The van der Waals surface area contributed by atoms with Crippen molar-refractivity contribution in [3.05, 3.63) is 42.1 Å². The molecule has 0 bridgehead atoms. The van der Waals surface area contributed by atoms with Gasteiger partial charge in [0.25, 0.3) is 0 Å². The number of furan rings is 1. The fourth-order valence-electron chi connectivity index (χ4n) is 2.69. The predicted octanol–water partition coefficient (Wildman–Crippen LogP) is 2.07. The highest BCUT2D eigenvalue weighted by atomic mass is 16.5. The van der Waals surface area contributed by atoms with Crippen molar-refractivity contribution in [1.29, 1.82) is 0 Å². The Balaban J connectivity index is 1.72. The average molecular weight is 261 g/mol. The molecule has 0 aliphatic carbocycles. The molecule has 0 amide bonds. The van der Waals surface area contributed by atoms with Crippen LogP contribution in [0, 0.1) is 0 Å². The van der Waals surface area contributed by atoms with Crippen LogP contribution >= 0.6 is 0 Å². The largest absolute Gasteiger partial charge is 0.472 e. The molecule has 0 aromatic carbocycles. The van der Waals surface area contributed by atoms with Crippen molar-refractivity contribution < 1.29 is 9.15 Å². The summed E-state index contributed by atoms with van der Waals surface area (Å²) in [5, 5.41) is 4.44. The van der Waals surface area contributed by atoms with Gasteiger partial charge in [0.1, 0.15) is 0 Å². The maximum absolute atomic E-state index is 5.20. The number of methoxy groups -OCH3 is 1. The van der Waals surface area contributed by atoms with Crippen molar-refractivity contribution in [2.45, 2.75) is 25.6 Å². The van der Waals surface area contributed by atoms with Gasteiger partial charge in [0.05, 0.1) is 24.3 Å². The molecule has 0 N–H and O–H groups in total. The van der Waals surface area contributed by atoms with Gasteiger partial charge in [-0.3, -0.25) is 9.58 Å². The van der Waals surface area contributed by atoms with E-state index < -0.39 is 0 Å². The summed E-state index contributed by atoms with van der Waals surface area (Å²) in [6, 6.07) is 4.52. The van der Waals surface area contributed by atoms with Gasteiger partial charge in [-0.1, -0.05) is 0 Å². The third kappa shape index (κ3) is 2.72. The van der Waals surface area contributed by atoms with Gasteiger partial charge in [-0.15, -0.1) is 0 Å². The molecule has 5 heteroatoms. The van der Waals surface area contributed by atoms with Crippen LogP contribution in [-0.2, 0) is 17.8 Å². The normalized spacial score (nSPS) is 19.5. The summed E-state index contributed by atoms with van der Waals surface area (Å²) in [7, 11) is 1.75. The van der Waals surface area contributed by atoms with E-state index in [0.717, 1.165) is 32.7 Å². The highest BCUT2D eigenvalue weighted by Gasteiger charge is 2.25. The minimum Gasteiger partial charge on any atom is -0.472 e. The van der Waals surface area contributed by atoms with E-state index in [4.69, 9.17) is 9.15 Å². The van der Waals surface area contributed by atoms with E-state index in [1.807, 2.05) is 18.5 Å². The van der Waals surface area contributed by atoms with Crippen LogP contribution in [0.5, 0.6) is 0 Å². The summed E-state index contributed by atoms with van der Waals surface area (Å²) in [6.07, 6.45) is 6.42. The van der Waals surface area contributed by atoms with Crippen LogP contribution < -0.4 is 0 Å². The Labute approximate surface area is 112 Å². The third-order valence-corrected chi connectivity index (χ3v) is 3.59. The topological polar surface area (TPSA) is 43.4 Å². The van der Waals surface area contributed by atoms with Crippen molar-refractivity contribution in [2.75, 3.05) is 20.3 Å². The molecule has 0 radical (unpaired) electrons. The molecule has 19 heavy (non-hydrogen) atoms. The van der Waals surface area contributed by atoms with Crippen LogP contribution in [0.2, 0.25) is 0 Å². The molecule has 102 valence electrons. The molecule has 0 saturated heterocycles. The molecular weight excluding hydrogens is 242 g/mol. The molecule has 3 rings (SSSR count). The van der Waals surface area contributed by atoms with E-state index in [9.17, 15) is 0 Å². The second-order valence-corrected chi connectivity index (χ2v) is 5.00. The Morgan fingerprint density at radius 2 is 2.42 bits per heavy atom. The lowest BCUT2D eigenvalue weighted by Gasteiger charge is -2.33. The van der Waals surface area contributed by atoms with Crippen LogP contribution in [0.3, 0.4) is 0 Å². The van der Waals surface area contributed by atoms with Crippen molar-refractivity contribution >= 4 is 0 Å². The lowest BCUT2D eigenvalue weighted by Crippen LogP contribution is -2.37. The van der Waals surface area contributed by atoms with Gasteiger partial charge in [0, 0.05) is 45.1 Å². The maximum Gasteiger partial charge on any atom is 0.0947 e. The Morgan fingerprint density at radius 3 is 3.21 bits per heavy atom. The fourth-order valence-corrected chi connectivity index (χ4v) is 2.69. The molecule has 1 aliphatic rings. The molecule has 2 aromatic heterocycles. The van der Waals surface area contributed by atoms with Crippen LogP contribution in [0.25, 0.3) is 0 Å². The van der Waals surface area contributed by atoms with Gasteiger partial charge >= 0.3 is 0 Å². The Kier molecular flexibility index (Phi) is 3.66.